The largest absolute Gasteiger partial charge is 0.327 e. The van der Waals surface area contributed by atoms with Gasteiger partial charge in [-0.25, -0.2) is 0 Å². The SMILES string of the molecule is CCCCC(/C=C1\CCCC(N)C1)CC. The summed E-state index contributed by atoms with van der Waals surface area (Å²) in [6.07, 6.45) is 12.9. The second-order valence-corrected chi connectivity index (χ2v) is 4.99. The quantitative estimate of drug-likeness (QED) is 0.680. The number of nitrogens with two attached hydrogens (primary N) is 1. The van der Waals surface area contributed by atoms with Crippen LogP contribution in [0.1, 0.15) is 65.2 Å². The second kappa shape index (κ2) is 7.05. The Bertz CT molecular complexity index is 196. The number of hydrogen-bond acceptors (Lipinski definition) is 1. The van der Waals surface area contributed by atoms with Gasteiger partial charge in [-0.1, -0.05) is 38.3 Å². The number of allylic oxidation sites excluding steroid dienone is 1. The summed E-state index contributed by atoms with van der Waals surface area (Å²) in [6, 6.07) is 0.439. The van der Waals surface area contributed by atoms with Crippen LogP contribution in [-0.4, -0.2) is 6.04 Å². The second-order valence-electron chi connectivity index (χ2n) is 4.99. The summed E-state index contributed by atoms with van der Waals surface area (Å²) in [5.41, 5.74) is 7.64. The Balaban J connectivity index is 2.42. The van der Waals surface area contributed by atoms with Crippen LogP contribution in [0.2, 0.25) is 0 Å². The third-order valence-corrected chi connectivity index (χ3v) is 3.52. The summed E-state index contributed by atoms with van der Waals surface area (Å²) in [6.45, 7) is 4.58. The maximum absolute atomic E-state index is 6.00. The van der Waals surface area contributed by atoms with Crippen LogP contribution in [0, 0.1) is 5.92 Å². The van der Waals surface area contributed by atoms with Crippen molar-refractivity contribution < 1.29 is 0 Å². The lowest BCUT2D eigenvalue weighted by Crippen LogP contribution is -2.24. The summed E-state index contributed by atoms with van der Waals surface area (Å²) in [5.74, 6) is 0.810. The van der Waals surface area contributed by atoms with E-state index in [1.54, 1.807) is 5.57 Å². The average molecular weight is 209 g/mol. The van der Waals surface area contributed by atoms with Gasteiger partial charge in [0.15, 0.2) is 0 Å². The van der Waals surface area contributed by atoms with Crippen molar-refractivity contribution in [3.63, 3.8) is 0 Å². The average Bonchev–Trinajstić information content (AvgIpc) is 2.24. The summed E-state index contributed by atoms with van der Waals surface area (Å²) in [4.78, 5) is 0. The van der Waals surface area contributed by atoms with Gasteiger partial charge < -0.3 is 5.73 Å². The van der Waals surface area contributed by atoms with E-state index in [2.05, 4.69) is 19.9 Å². The van der Waals surface area contributed by atoms with Crippen molar-refractivity contribution >= 4 is 0 Å². The predicted molar refractivity (Wildman–Crippen MR) is 67.8 cm³/mol. The van der Waals surface area contributed by atoms with Crippen molar-refractivity contribution in [3.05, 3.63) is 11.6 Å². The Morgan fingerprint density at radius 2 is 2.27 bits per heavy atom. The molecule has 0 spiro atoms. The molecule has 88 valence electrons. The Hall–Kier alpha value is -0.300. The van der Waals surface area contributed by atoms with Crippen LogP contribution in [-0.2, 0) is 0 Å². The van der Waals surface area contributed by atoms with Gasteiger partial charge in [0.1, 0.15) is 0 Å². The Morgan fingerprint density at radius 3 is 2.87 bits per heavy atom. The molecule has 2 unspecified atom stereocenters. The minimum Gasteiger partial charge on any atom is -0.327 e. The molecule has 0 aliphatic heterocycles. The molecule has 0 radical (unpaired) electrons. The van der Waals surface area contributed by atoms with Crippen molar-refractivity contribution in [2.45, 2.75) is 71.3 Å². The summed E-state index contributed by atoms with van der Waals surface area (Å²) < 4.78 is 0. The predicted octanol–water partition coefficient (Wildman–Crippen LogP) is 4.03. The molecule has 1 nitrogen and oxygen atoms in total. The monoisotopic (exact) mass is 209 g/mol. The Kier molecular flexibility index (Phi) is 6.00. The molecule has 0 aromatic rings. The lowest BCUT2D eigenvalue weighted by Gasteiger charge is -2.22. The van der Waals surface area contributed by atoms with Crippen molar-refractivity contribution in [1.82, 2.24) is 0 Å². The fourth-order valence-corrected chi connectivity index (χ4v) is 2.49. The third kappa shape index (κ3) is 4.83. The molecule has 1 heteroatoms. The highest BCUT2D eigenvalue weighted by atomic mass is 14.6. The topological polar surface area (TPSA) is 26.0 Å². The van der Waals surface area contributed by atoms with Gasteiger partial charge >= 0.3 is 0 Å². The van der Waals surface area contributed by atoms with Gasteiger partial charge in [0, 0.05) is 6.04 Å². The van der Waals surface area contributed by atoms with Crippen LogP contribution in [0.15, 0.2) is 11.6 Å². The first-order valence-electron chi connectivity index (χ1n) is 6.71. The standard InChI is InChI=1S/C14H27N/c1-3-5-7-12(4-2)10-13-8-6-9-14(15)11-13/h10,12,14H,3-9,11,15H2,1-2H3/b13-10+. The maximum Gasteiger partial charge on any atom is 0.00761 e. The van der Waals surface area contributed by atoms with Crippen molar-refractivity contribution in [1.29, 1.82) is 0 Å². The van der Waals surface area contributed by atoms with Gasteiger partial charge in [-0.2, -0.15) is 0 Å². The third-order valence-electron chi connectivity index (χ3n) is 3.52. The highest BCUT2D eigenvalue weighted by molar-refractivity contribution is 5.08. The minimum absolute atomic E-state index is 0.439. The van der Waals surface area contributed by atoms with Crippen LogP contribution in [0.25, 0.3) is 0 Å². The number of unbranched alkanes of at least 4 members (excludes halogenated alkanes) is 1. The van der Waals surface area contributed by atoms with Gasteiger partial charge in [0.25, 0.3) is 0 Å². The molecule has 0 amide bonds. The van der Waals surface area contributed by atoms with E-state index in [9.17, 15) is 0 Å². The maximum atomic E-state index is 6.00. The van der Waals surface area contributed by atoms with Crippen molar-refractivity contribution in [2.24, 2.45) is 11.7 Å². The summed E-state index contributed by atoms with van der Waals surface area (Å²) in [7, 11) is 0. The minimum atomic E-state index is 0.439. The lowest BCUT2D eigenvalue weighted by molar-refractivity contribution is 0.494. The highest BCUT2D eigenvalue weighted by Crippen LogP contribution is 2.26. The molecule has 0 aromatic heterocycles. The molecule has 15 heavy (non-hydrogen) atoms. The van der Waals surface area contributed by atoms with Crippen LogP contribution in [0.5, 0.6) is 0 Å². The summed E-state index contributed by atoms with van der Waals surface area (Å²) >= 11 is 0. The van der Waals surface area contributed by atoms with Gasteiger partial charge in [-0.15, -0.1) is 0 Å². The molecule has 0 saturated heterocycles. The molecule has 1 aliphatic rings. The normalized spacial score (nSPS) is 26.9. The van der Waals surface area contributed by atoms with E-state index in [0.29, 0.717) is 6.04 Å². The first kappa shape index (κ1) is 12.8. The van der Waals surface area contributed by atoms with Crippen molar-refractivity contribution in [3.8, 4) is 0 Å². The molecule has 0 heterocycles. The fourth-order valence-electron chi connectivity index (χ4n) is 2.49. The van der Waals surface area contributed by atoms with E-state index in [1.165, 1.54) is 44.9 Å². The van der Waals surface area contributed by atoms with E-state index < -0.39 is 0 Å². The Morgan fingerprint density at radius 1 is 1.47 bits per heavy atom. The molecular weight excluding hydrogens is 182 g/mol. The zero-order chi connectivity index (χ0) is 11.1. The highest BCUT2D eigenvalue weighted by Gasteiger charge is 2.14. The Labute approximate surface area is 95.1 Å². The molecule has 1 saturated carbocycles. The van der Waals surface area contributed by atoms with E-state index >= 15 is 0 Å². The number of hydrogen-bond donors (Lipinski definition) is 1. The van der Waals surface area contributed by atoms with Gasteiger partial charge in [-0.05, 0) is 44.4 Å². The molecule has 2 N–H and O–H groups in total. The molecular formula is C14H27N. The van der Waals surface area contributed by atoms with Crippen molar-refractivity contribution in [2.75, 3.05) is 0 Å². The van der Waals surface area contributed by atoms with Crippen LogP contribution >= 0.6 is 0 Å². The van der Waals surface area contributed by atoms with Crippen LogP contribution in [0.4, 0.5) is 0 Å². The lowest BCUT2D eigenvalue weighted by atomic mass is 9.87. The molecule has 2 atom stereocenters. The zero-order valence-electron chi connectivity index (χ0n) is 10.5. The first-order valence-corrected chi connectivity index (χ1v) is 6.71. The zero-order valence-corrected chi connectivity index (χ0v) is 10.5. The van der Waals surface area contributed by atoms with E-state index in [1.807, 2.05) is 0 Å². The molecule has 1 fully saturated rings. The van der Waals surface area contributed by atoms with E-state index in [4.69, 9.17) is 5.73 Å². The summed E-state index contributed by atoms with van der Waals surface area (Å²) in [5, 5.41) is 0. The molecule has 0 bridgehead atoms. The first-order chi connectivity index (χ1) is 7.26. The van der Waals surface area contributed by atoms with Gasteiger partial charge in [0.2, 0.25) is 0 Å². The van der Waals surface area contributed by atoms with Crippen LogP contribution in [0.3, 0.4) is 0 Å². The van der Waals surface area contributed by atoms with Gasteiger partial charge in [0.05, 0.1) is 0 Å². The van der Waals surface area contributed by atoms with Crippen LogP contribution < -0.4 is 5.73 Å². The molecule has 0 aromatic carbocycles. The molecule has 1 aliphatic carbocycles. The van der Waals surface area contributed by atoms with E-state index in [0.717, 1.165) is 12.3 Å². The van der Waals surface area contributed by atoms with E-state index in [-0.39, 0.29) is 0 Å². The smallest absolute Gasteiger partial charge is 0.00761 e. The fraction of sp³-hybridized carbons (Fsp3) is 0.857. The number of rotatable bonds is 5. The van der Waals surface area contributed by atoms with Gasteiger partial charge in [-0.3, -0.25) is 0 Å². The molecule has 1 rings (SSSR count).